The number of benzene rings is 1. The summed E-state index contributed by atoms with van der Waals surface area (Å²) in [7, 11) is 0. The molecule has 3 nitrogen and oxygen atoms in total. The monoisotopic (exact) mass is 352 g/mol. The molecule has 0 spiro atoms. The van der Waals surface area contributed by atoms with Gasteiger partial charge in [-0.2, -0.15) is 4.57 Å². The lowest BCUT2D eigenvalue weighted by Gasteiger charge is -1.88. The fourth-order valence-corrected chi connectivity index (χ4v) is 2.15. The van der Waals surface area contributed by atoms with Crippen LogP contribution in [-0.4, -0.2) is 5.91 Å². The molecule has 15 heavy (non-hydrogen) atoms. The molecule has 2 aromatic rings. The summed E-state index contributed by atoms with van der Waals surface area (Å²) >= 11 is 1.61. The molecule has 0 saturated carbocycles. The summed E-state index contributed by atoms with van der Waals surface area (Å²) in [6, 6.07) is 7.94. The number of hydrogen-bond donors (Lipinski definition) is 1. The summed E-state index contributed by atoms with van der Waals surface area (Å²) in [6.45, 7) is 0.254. The number of carbonyl (C=O) groups is 1. The van der Waals surface area contributed by atoms with Gasteiger partial charge in [0.25, 0.3) is 5.91 Å². The minimum Gasteiger partial charge on any atom is -1.00 e. The summed E-state index contributed by atoms with van der Waals surface area (Å²) in [4.78, 5) is 10.7. The first-order chi connectivity index (χ1) is 6.27. The van der Waals surface area contributed by atoms with Crippen molar-refractivity contribution in [1.29, 1.82) is 0 Å². The zero-order chi connectivity index (χ0) is 9.26. The van der Waals surface area contributed by atoms with Gasteiger partial charge >= 0.3 is 0 Å². The third-order valence-electron chi connectivity index (χ3n) is 1.81. The molecule has 0 saturated heterocycles. The maximum atomic E-state index is 10.7. The summed E-state index contributed by atoms with van der Waals surface area (Å²) in [6.07, 6.45) is 0. The molecule has 0 fully saturated rings. The average molecular weight is 354 g/mol. The first kappa shape index (κ1) is 14.5. The summed E-state index contributed by atoms with van der Waals surface area (Å²) in [5.74, 6) is -0.312. The van der Waals surface area contributed by atoms with Gasteiger partial charge in [0.2, 0.25) is 17.6 Å². The molecule has 0 radical (unpaired) electrons. The van der Waals surface area contributed by atoms with Gasteiger partial charge in [0, 0.05) is 6.07 Å². The van der Waals surface area contributed by atoms with Gasteiger partial charge in [-0.3, -0.25) is 4.79 Å². The molecule has 0 unspecified atom stereocenters. The van der Waals surface area contributed by atoms with Crippen molar-refractivity contribution in [3.8, 4) is 0 Å². The number of carbonyl (C=O) groups excluding carboxylic acids is 1. The Morgan fingerprint density at radius 2 is 2.07 bits per heavy atom. The van der Waals surface area contributed by atoms with E-state index in [1.807, 2.05) is 34.3 Å². The van der Waals surface area contributed by atoms with Crippen molar-refractivity contribution in [2.24, 2.45) is 5.73 Å². The van der Waals surface area contributed by atoms with Gasteiger partial charge in [0.15, 0.2) is 0 Å². The van der Waals surface area contributed by atoms with Crippen LogP contribution in [0.25, 0.3) is 10.2 Å². The first-order valence-corrected chi connectivity index (χ1v) is 4.79. The number of thiazole rings is 1. The van der Waals surface area contributed by atoms with Crippen molar-refractivity contribution in [3.05, 3.63) is 29.8 Å². The lowest BCUT2D eigenvalue weighted by atomic mass is 10.3. The Hall–Kier alpha value is -0.460. The number of amides is 1. The molecule has 0 aliphatic rings. The number of nitrogens with two attached hydrogens (primary N) is 1. The minimum absolute atomic E-state index is 0. The molecule has 1 heterocycles. The van der Waals surface area contributed by atoms with Crippen molar-refractivity contribution in [3.63, 3.8) is 0 Å². The lowest BCUT2D eigenvalue weighted by Crippen LogP contribution is -3.00. The fraction of sp³-hybridized carbons (Fsp3) is 0.111. The largest absolute Gasteiger partial charge is 1.00 e. The van der Waals surface area contributed by atoms with Gasteiger partial charge in [-0.1, -0.05) is 23.5 Å². The van der Waals surface area contributed by atoms with Crippen molar-refractivity contribution < 1.29 is 26.3 Å². The highest BCUT2D eigenvalue weighted by Gasteiger charge is 2.12. The Morgan fingerprint density at radius 3 is 2.73 bits per heavy atom. The predicted octanol–water partition coefficient (Wildman–Crippen LogP) is -1.74. The van der Waals surface area contributed by atoms with E-state index in [2.05, 4.69) is 0 Å². The highest BCUT2D eigenvalue weighted by molar-refractivity contribution is 8.93. The van der Waals surface area contributed by atoms with Crippen LogP contribution in [0.2, 0.25) is 0 Å². The van der Waals surface area contributed by atoms with E-state index in [4.69, 9.17) is 5.73 Å². The average Bonchev–Trinajstić information content (AvgIpc) is 2.48. The summed E-state index contributed by atoms with van der Waals surface area (Å²) < 4.78 is 3.03. The zero-order valence-corrected chi connectivity index (χ0v) is 11.8. The maximum Gasteiger partial charge on any atom is 0.283 e. The second kappa shape index (κ2) is 6.19. The summed E-state index contributed by atoms with van der Waals surface area (Å²) in [5, 5.41) is 0. The van der Waals surface area contributed by atoms with Crippen LogP contribution >= 0.6 is 28.3 Å². The van der Waals surface area contributed by atoms with Crippen molar-refractivity contribution in [2.75, 3.05) is 0 Å². The van der Waals surface area contributed by atoms with E-state index in [1.165, 1.54) is 4.70 Å². The van der Waals surface area contributed by atoms with Crippen LogP contribution in [-0.2, 0) is 11.3 Å². The van der Waals surface area contributed by atoms with Crippen LogP contribution in [0.1, 0.15) is 0 Å². The Bertz CT molecular complexity index is 458. The second-order valence-corrected chi connectivity index (χ2v) is 3.67. The molecule has 6 heteroatoms. The highest BCUT2D eigenvalue weighted by atomic mass is 79.9. The quantitative estimate of drug-likeness (QED) is 0.640. The van der Waals surface area contributed by atoms with E-state index in [0.29, 0.717) is 0 Å². The van der Waals surface area contributed by atoms with Crippen molar-refractivity contribution in [2.45, 2.75) is 6.54 Å². The van der Waals surface area contributed by atoms with Crippen LogP contribution in [0.15, 0.2) is 29.8 Å². The Labute approximate surface area is 112 Å². The molecular formula is C9H10Br2N2OS. The molecule has 2 rings (SSSR count). The Balaban J connectivity index is 0.000000980. The van der Waals surface area contributed by atoms with E-state index < -0.39 is 0 Å². The third-order valence-corrected chi connectivity index (χ3v) is 2.77. The lowest BCUT2D eigenvalue weighted by molar-refractivity contribution is -0.653. The summed E-state index contributed by atoms with van der Waals surface area (Å²) in [5.41, 5.74) is 8.09. The van der Waals surface area contributed by atoms with E-state index >= 15 is 0 Å². The van der Waals surface area contributed by atoms with Crippen LogP contribution in [0.3, 0.4) is 0 Å². The molecule has 1 amide bonds. The van der Waals surface area contributed by atoms with E-state index in [9.17, 15) is 4.79 Å². The molecule has 0 aliphatic carbocycles. The molecule has 0 bridgehead atoms. The van der Waals surface area contributed by atoms with Gasteiger partial charge in [0.1, 0.15) is 4.70 Å². The molecular weight excluding hydrogens is 344 g/mol. The highest BCUT2D eigenvalue weighted by Crippen LogP contribution is 2.14. The molecule has 82 valence electrons. The predicted molar refractivity (Wildman–Crippen MR) is 61.5 cm³/mol. The van der Waals surface area contributed by atoms with E-state index in [-0.39, 0.29) is 46.4 Å². The standard InChI is InChI=1S/C9H8N2OS.2BrH/c10-9(12)5-11-6-13-8-4-2-1-3-7(8)11;;/h1-4,6H,5H2,(H-,10,12);2*1H. The SMILES string of the molecule is Br.NC(=O)C[n+]1csc2ccccc21.[Br-]. The molecule has 1 aromatic carbocycles. The molecule has 1 aromatic heterocycles. The van der Waals surface area contributed by atoms with Gasteiger partial charge in [0.05, 0.1) is 0 Å². The zero-order valence-electron chi connectivity index (χ0n) is 7.72. The number of halogens is 2. The number of rotatable bonds is 2. The number of nitrogens with zero attached hydrogens (tertiary/aromatic N) is 1. The first-order valence-electron chi connectivity index (χ1n) is 3.91. The van der Waals surface area contributed by atoms with E-state index in [1.54, 1.807) is 11.3 Å². The van der Waals surface area contributed by atoms with Gasteiger partial charge in [-0.25, -0.2) is 0 Å². The van der Waals surface area contributed by atoms with Gasteiger partial charge in [-0.05, 0) is 6.07 Å². The maximum absolute atomic E-state index is 10.7. The second-order valence-electron chi connectivity index (χ2n) is 2.79. The number of aromatic nitrogens is 1. The third kappa shape index (κ3) is 3.25. The number of para-hydroxylation sites is 1. The number of fused-ring (bicyclic) bond motifs is 1. The van der Waals surface area contributed by atoms with E-state index in [0.717, 1.165) is 5.52 Å². The molecule has 0 atom stereocenters. The fourth-order valence-electron chi connectivity index (χ4n) is 1.26. The van der Waals surface area contributed by atoms with Crippen LogP contribution in [0.5, 0.6) is 0 Å². The smallest absolute Gasteiger partial charge is 0.283 e. The minimum atomic E-state index is -0.312. The van der Waals surface area contributed by atoms with Crippen molar-refractivity contribution in [1.82, 2.24) is 0 Å². The normalized spacial score (nSPS) is 9.07. The Morgan fingerprint density at radius 1 is 1.40 bits per heavy atom. The molecule has 2 N–H and O–H groups in total. The van der Waals surface area contributed by atoms with Crippen LogP contribution < -0.4 is 27.3 Å². The van der Waals surface area contributed by atoms with Crippen LogP contribution in [0.4, 0.5) is 0 Å². The van der Waals surface area contributed by atoms with Crippen molar-refractivity contribution >= 4 is 44.4 Å². The van der Waals surface area contributed by atoms with Crippen LogP contribution in [0, 0.1) is 0 Å². The number of primary amides is 1. The topological polar surface area (TPSA) is 47.0 Å². The Kier molecular flexibility index (Phi) is 6.00. The van der Waals surface area contributed by atoms with Gasteiger partial charge in [-0.15, -0.1) is 17.0 Å². The van der Waals surface area contributed by atoms with Gasteiger partial charge < -0.3 is 22.7 Å². The molecule has 0 aliphatic heterocycles. The number of hydrogen-bond acceptors (Lipinski definition) is 2.